The molecular formula is C22H26N2O6S2. The van der Waals surface area contributed by atoms with Crippen LogP contribution in [0.5, 0.6) is 0 Å². The van der Waals surface area contributed by atoms with Crippen LogP contribution >= 0.6 is 11.3 Å². The highest BCUT2D eigenvalue weighted by Crippen LogP contribution is 2.38. The van der Waals surface area contributed by atoms with E-state index in [0.29, 0.717) is 17.0 Å². The summed E-state index contributed by atoms with van der Waals surface area (Å²) in [4.78, 5) is 38.0. The lowest BCUT2D eigenvalue weighted by Crippen LogP contribution is -2.32. The van der Waals surface area contributed by atoms with Crippen LogP contribution in [-0.2, 0) is 38.0 Å². The van der Waals surface area contributed by atoms with Gasteiger partial charge >= 0.3 is 6.09 Å². The third-order valence-corrected chi connectivity index (χ3v) is 7.82. The standard InChI is InChI=1S/C22H26N2O6S2/c1-2-30-22(27)24-20(26)19-16-10-6-7-11-17(16)31-21(19)23-18(25)12-13-32(28,29)14-15-8-4-3-5-9-15/h3-5,8-9H,2,6-7,10-14H2,1H3,(H,23,25)(H,24,26,27). The predicted molar refractivity (Wildman–Crippen MR) is 123 cm³/mol. The Morgan fingerprint density at radius 2 is 1.81 bits per heavy atom. The molecule has 2 aromatic rings. The number of benzene rings is 1. The molecule has 0 bridgehead atoms. The van der Waals surface area contributed by atoms with Gasteiger partial charge in [0.25, 0.3) is 5.91 Å². The number of thiophene rings is 1. The Bertz CT molecular complexity index is 1090. The molecule has 1 aromatic carbocycles. The molecule has 0 saturated heterocycles. The summed E-state index contributed by atoms with van der Waals surface area (Å²) in [6.45, 7) is 1.76. The predicted octanol–water partition coefficient (Wildman–Crippen LogP) is 3.46. The van der Waals surface area contributed by atoms with E-state index in [9.17, 15) is 22.8 Å². The van der Waals surface area contributed by atoms with E-state index in [2.05, 4.69) is 10.6 Å². The van der Waals surface area contributed by atoms with Crippen LogP contribution in [0.1, 0.15) is 52.5 Å². The van der Waals surface area contributed by atoms with E-state index in [1.165, 1.54) is 11.3 Å². The average molecular weight is 479 g/mol. The number of aryl methyl sites for hydroxylation is 1. The molecule has 10 heteroatoms. The van der Waals surface area contributed by atoms with E-state index < -0.39 is 27.7 Å². The number of rotatable bonds is 8. The second-order valence-electron chi connectivity index (χ2n) is 7.47. The zero-order valence-corrected chi connectivity index (χ0v) is 19.4. The highest BCUT2D eigenvalue weighted by Gasteiger charge is 2.28. The zero-order chi connectivity index (χ0) is 23.1. The Morgan fingerprint density at radius 3 is 2.53 bits per heavy atom. The van der Waals surface area contributed by atoms with Gasteiger partial charge in [-0.1, -0.05) is 30.3 Å². The van der Waals surface area contributed by atoms with Gasteiger partial charge in [-0.25, -0.2) is 13.2 Å². The Balaban J connectivity index is 1.69. The average Bonchev–Trinajstić information content (AvgIpc) is 3.10. The Morgan fingerprint density at radius 1 is 1.09 bits per heavy atom. The monoisotopic (exact) mass is 478 g/mol. The molecule has 3 amide bonds. The van der Waals surface area contributed by atoms with E-state index in [-0.39, 0.29) is 30.1 Å². The summed E-state index contributed by atoms with van der Waals surface area (Å²) in [6, 6.07) is 8.78. The molecule has 0 radical (unpaired) electrons. The number of anilines is 1. The van der Waals surface area contributed by atoms with Crippen molar-refractivity contribution in [3.05, 3.63) is 51.9 Å². The van der Waals surface area contributed by atoms with Gasteiger partial charge in [-0.05, 0) is 43.7 Å². The number of alkyl carbamates (subject to hydrolysis) is 1. The number of sulfone groups is 1. The van der Waals surface area contributed by atoms with E-state index in [1.807, 2.05) is 0 Å². The SMILES string of the molecule is CCOC(=O)NC(=O)c1c(NC(=O)CCS(=O)(=O)Cc2ccccc2)sc2c1CCCC2. The maximum atomic E-state index is 12.7. The molecule has 1 aliphatic carbocycles. The van der Waals surface area contributed by atoms with E-state index >= 15 is 0 Å². The van der Waals surface area contributed by atoms with Crippen molar-refractivity contribution in [2.24, 2.45) is 0 Å². The summed E-state index contributed by atoms with van der Waals surface area (Å²) in [7, 11) is -3.47. The molecular weight excluding hydrogens is 452 g/mol. The Labute approximate surface area is 191 Å². The van der Waals surface area contributed by atoms with Crippen molar-refractivity contribution in [1.82, 2.24) is 5.32 Å². The van der Waals surface area contributed by atoms with Gasteiger partial charge in [0, 0.05) is 11.3 Å². The lowest BCUT2D eigenvalue weighted by molar-refractivity contribution is -0.115. The summed E-state index contributed by atoms with van der Waals surface area (Å²) in [5.74, 6) is -1.56. The van der Waals surface area contributed by atoms with E-state index in [0.717, 1.165) is 29.7 Å². The highest BCUT2D eigenvalue weighted by molar-refractivity contribution is 7.90. The van der Waals surface area contributed by atoms with E-state index in [4.69, 9.17) is 4.74 Å². The first kappa shape index (κ1) is 23.9. The Hall–Kier alpha value is -2.72. The number of fused-ring (bicyclic) bond motifs is 1. The maximum absolute atomic E-state index is 12.7. The lowest BCUT2D eigenvalue weighted by Gasteiger charge is -2.13. The zero-order valence-electron chi connectivity index (χ0n) is 17.8. The van der Waals surface area contributed by atoms with Crippen molar-refractivity contribution in [2.45, 2.75) is 44.8 Å². The minimum Gasteiger partial charge on any atom is -0.450 e. The van der Waals surface area contributed by atoms with Crippen LogP contribution in [0.15, 0.2) is 30.3 Å². The minimum absolute atomic E-state index is 0.127. The van der Waals surface area contributed by atoms with Crippen LogP contribution in [0.3, 0.4) is 0 Å². The van der Waals surface area contributed by atoms with Crippen molar-refractivity contribution < 1.29 is 27.5 Å². The minimum atomic E-state index is -3.47. The molecule has 0 aliphatic heterocycles. The van der Waals surface area contributed by atoms with Gasteiger partial charge in [0.1, 0.15) is 5.00 Å². The molecule has 0 unspecified atom stereocenters. The quantitative estimate of drug-likeness (QED) is 0.600. The van der Waals surface area contributed by atoms with Crippen molar-refractivity contribution in [3.63, 3.8) is 0 Å². The summed E-state index contributed by atoms with van der Waals surface area (Å²) in [6.07, 6.45) is 2.29. The third-order valence-electron chi connectivity index (χ3n) is 5.01. The number of hydrogen-bond acceptors (Lipinski definition) is 7. The third kappa shape index (κ3) is 6.39. The molecule has 0 atom stereocenters. The van der Waals surface area contributed by atoms with Gasteiger partial charge in [-0.2, -0.15) is 0 Å². The first-order chi connectivity index (χ1) is 15.3. The molecule has 0 fully saturated rings. The lowest BCUT2D eigenvalue weighted by atomic mass is 9.95. The molecule has 0 saturated carbocycles. The summed E-state index contributed by atoms with van der Waals surface area (Å²) < 4.78 is 29.5. The molecule has 1 aliphatic rings. The molecule has 172 valence electrons. The number of carbonyl (C=O) groups is 3. The smallest absolute Gasteiger partial charge is 0.414 e. The fourth-order valence-corrected chi connectivity index (χ4v) is 6.20. The van der Waals surface area contributed by atoms with Gasteiger partial charge < -0.3 is 10.1 Å². The number of hydrogen-bond donors (Lipinski definition) is 2. The summed E-state index contributed by atoms with van der Waals surface area (Å²) in [5.41, 5.74) is 1.75. The van der Waals surface area contributed by atoms with Crippen molar-refractivity contribution in [2.75, 3.05) is 17.7 Å². The van der Waals surface area contributed by atoms with Crippen molar-refractivity contribution in [1.29, 1.82) is 0 Å². The Kier molecular flexibility index (Phi) is 8.03. The topological polar surface area (TPSA) is 119 Å². The number of carbonyl (C=O) groups excluding carboxylic acids is 3. The fourth-order valence-electron chi connectivity index (χ4n) is 3.55. The second kappa shape index (κ2) is 10.7. The van der Waals surface area contributed by atoms with Gasteiger partial charge in [0.2, 0.25) is 5.91 Å². The summed E-state index contributed by atoms with van der Waals surface area (Å²) in [5, 5.41) is 5.22. The van der Waals surface area contributed by atoms with E-state index in [1.54, 1.807) is 37.3 Å². The number of imide groups is 1. The van der Waals surface area contributed by atoms with Crippen LogP contribution in [0.25, 0.3) is 0 Å². The van der Waals surface area contributed by atoms with Crippen molar-refractivity contribution in [3.8, 4) is 0 Å². The molecule has 32 heavy (non-hydrogen) atoms. The van der Waals surface area contributed by atoms with Crippen LogP contribution in [0.2, 0.25) is 0 Å². The van der Waals surface area contributed by atoms with Gasteiger partial charge in [0.05, 0.1) is 23.7 Å². The fraction of sp³-hybridized carbons (Fsp3) is 0.409. The maximum Gasteiger partial charge on any atom is 0.414 e. The molecule has 8 nitrogen and oxygen atoms in total. The molecule has 2 N–H and O–H groups in total. The molecule has 1 heterocycles. The van der Waals surface area contributed by atoms with Gasteiger partial charge in [0.15, 0.2) is 9.84 Å². The number of amides is 3. The van der Waals surface area contributed by atoms with Crippen LogP contribution in [0.4, 0.5) is 9.80 Å². The molecule has 3 rings (SSSR count). The number of ether oxygens (including phenoxy) is 1. The van der Waals surface area contributed by atoms with Crippen LogP contribution in [-0.4, -0.2) is 38.7 Å². The second-order valence-corrected chi connectivity index (χ2v) is 10.8. The molecule has 1 aromatic heterocycles. The van der Waals surface area contributed by atoms with Gasteiger partial charge in [-0.3, -0.25) is 14.9 Å². The first-order valence-corrected chi connectivity index (χ1v) is 13.1. The molecule has 0 spiro atoms. The van der Waals surface area contributed by atoms with Crippen molar-refractivity contribution >= 4 is 44.1 Å². The highest BCUT2D eigenvalue weighted by atomic mass is 32.2. The largest absolute Gasteiger partial charge is 0.450 e. The van der Waals surface area contributed by atoms with Crippen LogP contribution < -0.4 is 10.6 Å². The summed E-state index contributed by atoms with van der Waals surface area (Å²) >= 11 is 1.30. The normalized spacial score (nSPS) is 13.2. The first-order valence-electron chi connectivity index (χ1n) is 10.5. The van der Waals surface area contributed by atoms with Gasteiger partial charge in [-0.15, -0.1) is 11.3 Å². The van der Waals surface area contributed by atoms with Crippen LogP contribution in [0, 0.1) is 0 Å². The number of nitrogens with one attached hydrogen (secondary N) is 2.